The van der Waals surface area contributed by atoms with Crippen molar-refractivity contribution in [1.82, 2.24) is 0 Å². The predicted octanol–water partition coefficient (Wildman–Crippen LogP) is 3.71. The Bertz CT molecular complexity index is 961. The van der Waals surface area contributed by atoms with Crippen molar-refractivity contribution < 1.29 is 17.6 Å². The number of sulfonamides is 1. The summed E-state index contributed by atoms with van der Waals surface area (Å²) in [6.45, 7) is 3.76. The molecule has 0 aromatic heterocycles. The first-order valence-corrected chi connectivity index (χ1v) is 10.4. The summed E-state index contributed by atoms with van der Waals surface area (Å²) in [7, 11) is -3.94. The Kier molecular flexibility index (Phi) is 5.07. The highest BCUT2D eigenvalue weighted by molar-refractivity contribution is 9.10. The molecule has 1 amide bonds. The van der Waals surface area contributed by atoms with Crippen molar-refractivity contribution >= 4 is 43.2 Å². The molecule has 8 heteroatoms. The van der Waals surface area contributed by atoms with Gasteiger partial charge in [-0.3, -0.25) is 9.10 Å². The van der Waals surface area contributed by atoms with Crippen LogP contribution in [-0.4, -0.2) is 27.4 Å². The van der Waals surface area contributed by atoms with Crippen LogP contribution in [0.25, 0.3) is 0 Å². The van der Waals surface area contributed by atoms with Crippen LogP contribution < -0.4 is 9.21 Å². The third kappa shape index (κ3) is 3.23. The summed E-state index contributed by atoms with van der Waals surface area (Å²) in [6, 6.07) is 8.66. The number of carbonyl (C=O) groups is 1. The number of benzene rings is 2. The van der Waals surface area contributed by atoms with E-state index in [1.807, 2.05) is 6.07 Å². The summed E-state index contributed by atoms with van der Waals surface area (Å²) < 4.78 is 41.9. The summed E-state index contributed by atoms with van der Waals surface area (Å²) >= 11 is 3.37. The Hall–Kier alpha value is -1.93. The van der Waals surface area contributed by atoms with Crippen LogP contribution in [0.4, 0.5) is 15.8 Å². The first-order chi connectivity index (χ1) is 12.3. The van der Waals surface area contributed by atoms with Crippen LogP contribution in [0.3, 0.4) is 0 Å². The number of rotatable bonds is 4. The molecule has 0 fully saturated rings. The average molecular weight is 441 g/mol. The lowest BCUT2D eigenvalue weighted by Crippen LogP contribution is -2.33. The van der Waals surface area contributed by atoms with Crippen molar-refractivity contribution in [3.63, 3.8) is 0 Å². The van der Waals surface area contributed by atoms with E-state index in [2.05, 4.69) is 15.9 Å². The Morgan fingerprint density at radius 3 is 2.50 bits per heavy atom. The fraction of sp³-hybridized carbons (Fsp3) is 0.278. The molecule has 5 nitrogen and oxygen atoms in total. The van der Waals surface area contributed by atoms with E-state index < -0.39 is 15.8 Å². The van der Waals surface area contributed by atoms with Crippen LogP contribution in [0.5, 0.6) is 0 Å². The summed E-state index contributed by atoms with van der Waals surface area (Å²) in [6.07, 6.45) is 0.597. The largest absolute Gasteiger partial charge is 0.311 e. The van der Waals surface area contributed by atoms with Gasteiger partial charge in [-0.2, -0.15) is 0 Å². The van der Waals surface area contributed by atoms with E-state index in [0.29, 0.717) is 28.8 Å². The quantitative estimate of drug-likeness (QED) is 0.727. The molecule has 1 aliphatic rings. The first kappa shape index (κ1) is 18.8. The molecule has 2 aromatic rings. The van der Waals surface area contributed by atoms with Crippen LogP contribution in [-0.2, 0) is 21.2 Å². The van der Waals surface area contributed by atoms with Crippen LogP contribution in [0.15, 0.2) is 45.8 Å². The van der Waals surface area contributed by atoms with Crippen molar-refractivity contribution in [2.45, 2.75) is 25.2 Å². The molecule has 0 bridgehead atoms. The van der Waals surface area contributed by atoms with Gasteiger partial charge in [0.25, 0.3) is 10.0 Å². The van der Waals surface area contributed by atoms with Gasteiger partial charge in [0, 0.05) is 24.5 Å². The molecular formula is C18H18BrFN2O3S. The van der Waals surface area contributed by atoms with E-state index in [1.54, 1.807) is 6.92 Å². The average Bonchev–Trinajstić information content (AvgIpc) is 3.00. The highest BCUT2D eigenvalue weighted by Crippen LogP contribution is 2.39. The molecule has 0 spiro atoms. The molecule has 0 unspecified atom stereocenters. The van der Waals surface area contributed by atoms with Gasteiger partial charge in [-0.25, -0.2) is 12.8 Å². The molecule has 0 aliphatic carbocycles. The van der Waals surface area contributed by atoms with E-state index in [1.165, 1.54) is 46.5 Å². The second-order valence-corrected chi connectivity index (χ2v) is 8.72. The molecule has 0 saturated heterocycles. The van der Waals surface area contributed by atoms with Gasteiger partial charge < -0.3 is 4.90 Å². The lowest BCUT2D eigenvalue weighted by Gasteiger charge is -2.26. The smallest absolute Gasteiger partial charge is 0.266 e. The molecule has 1 heterocycles. The third-order valence-corrected chi connectivity index (χ3v) is 6.72. The standard InChI is InChI=1S/C18H18BrFN2O3S/c1-3-22(16-6-4-15(20)5-7-16)26(24,25)17-11-14(19)10-13-8-9-21(12(2)23)18(13)17/h4-7,10-11H,3,8-9H2,1-2H3. The number of nitrogens with zero attached hydrogens (tertiary/aromatic N) is 2. The normalized spacial score (nSPS) is 13.6. The molecule has 2 aromatic carbocycles. The van der Waals surface area contributed by atoms with Gasteiger partial charge in [-0.05, 0) is 55.3 Å². The molecule has 0 radical (unpaired) electrons. The van der Waals surface area contributed by atoms with Gasteiger partial charge in [0.2, 0.25) is 5.91 Å². The number of carbonyl (C=O) groups excluding carboxylic acids is 1. The number of amides is 1. The topological polar surface area (TPSA) is 57.7 Å². The summed E-state index contributed by atoms with van der Waals surface area (Å²) in [5, 5.41) is 0. The summed E-state index contributed by atoms with van der Waals surface area (Å²) in [5.41, 5.74) is 1.61. The van der Waals surface area contributed by atoms with Gasteiger partial charge in [-0.1, -0.05) is 15.9 Å². The molecule has 0 atom stereocenters. The van der Waals surface area contributed by atoms with E-state index in [0.717, 1.165) is 5.56 Å². The zero-order valence-corrected chi connectivity index (χ0v) is 16.8. The Morgan fingerprint density at radius 1 is 1.27 bits per heavy atom. The van der Waals surface area contributed by atoms with Crippen molar-refractivity contribution in [1.29, 1.82) is 0 Å². The number of hydrogen-bond acceptors (Lipinski definition) is 3. The minimum absolute atomic E-state index is 0.0701. The lowest BCUT2D eigenvalue weighted by atomic mass is 10.2. The number of hydrogen-bond donors (Lipinski definition) is 0. The van der Waals surface area contributed by atoms with E-state index in [4.69, 9.17) is 0 Å². The van der Waals surface area contributed by atoms with Crippen LogP contribution >= 0.6 is 15.9 Å². The third-order valence-electron chi connectivity index (χ3n) is 4.34. The minimum Gasteiger partial charge on any atom is -0.311 e. The fourth-order valence-electron chi connectivity index (χ4n) is 3.20. The zero-order chi connectivity index (χ0) is 19.1. The van der Waals surface area contributed by atoms with Crippen LogP contribution in [0, 0.1) is 5.82 Å². The summed E-state index contributed by atoms with van der Waals surface area (Å²) in [5.74, 6) is -0.638. The number of halogens is 2. The van der Waals surface area contributed by atoms with Crippen molar-refractivity contribution in [2.24, 2.45) is 0 Å². The van der Waals surface area contributed by atoms with Gasteiger partial charge in [0.1, 0.15) is 10.7 Å². The summed E-state index contributed by atoms with van der Waals surface area (Å²) in [4.78, 5) is 13.5. The lowest BCUT2D eigenvalue weighted by molar-refractivity contribution is -0.116. The molecule has 0 N–H and O–H groups in total. The Balaban J connectivity index is 2.18. The molecule has 1 aliphatic heterocycles. The predicted molar refractivity (Wildman–Crippen MR) is 102 cm³/mol. The van der Waals surface area contributed by atoms with Gasteiger partial charge in [-0.15, -0.1) is 0 Å². The highest BCUT2D eigenvalue weighted by atomic mass is 79.9. The Morgan fingerprint density at radius 2 is 1.92 bits per heavy atom. The monoisotopic (exact) mass is 440 g/mol. The van der Waals surface area contributed by atoms with Crippen LogP contribution in [0.1, 0.15) is 19.4 Å². The highest BCUT2D eigenvalue weighted by Gasteiger charge is 2.34. The maximum atomic E-state index is 13.4. The van der Waals surface area contributed by atoms with Crippen molar-refractivity contribution in [3.05, 3.63) is 52.3 Å². The molecular weight excluding hydrogens is 423 g/mol. The molecule has 138 valence electrons. The minimum atomic E-state index is -3.94. The maximum absolute atomic E-state index is 13.4. The van der Waals surface area contributed by atoms with Crippen molar-refractivity contribution in [3.8, 4) is 0 Å². The van der Waals surface area contributed by atoms with E-state index in [9.17, 15) is 17.6 Å². The second-order valence-electron chi connectivity index (χ2n) is 5.98. The first-order valence-electron chi connectivity index (χ1n) is 8.14. The van der Waals surface area contributed by atoms with Crippen molar-refractivity contribution in [2.75, 3.05) is 22.3 Å². The SMILES string of the molecule is CCN(c1ccc(F)cc1)S(=O)(=O)c1cc(Br)cc2c1N(C(C)=O)CC2. The molecule has 3 rings (SSSR count). The van der Waals surface area contributed by atoms with Gasteiger partial charge in [0.15, 0.2) is 0 Å². The second kappa shape index (κ2) is 7.00. The molecule has 26 heavy (non-hydrogen) atoms. The van der Waals surface area contributed by atoms with Crippen LogP contribution in [0.2, 0.25) is 0 Å². The van der Waals surface area contributed by atoms with Gasteiger partial charge in [0.05, 0.1) is 11.4 Å². The fourth-order valence-corrected chi connectivity index (χ4v) is 5.59. The maximum Gasteiger partial charge on any atom is 0.266 e. The zero-order valence-electron chi connectivity index (χ0n) is 14.4. The Labute approximate surface area is 160 Å². The van der Waals surface area contributed by atoms with E-state index >= 15 is 0 Å². The number of anilines is 2. The van der Waals surface area contributed by atoms with Gasteiger partial charge >= 0.3 is 0 Å². The van der Waals surface area contributed by atoms with E-state index in [-0.39, 0.29) is 17.3 Å². The molecule has 0 saturated carbocycles. The number of fused-ring (bicyclic) bond motifs is 1.